The number of fused-ring (bicyclic) bond motifs is 1. The second-order valence-corrected chi connectivity index (χ2v) is 4.97. The first-order valence-electron chi connectivity index (χ1n) is 6.39. The van der Waals surface area contributed by atoms with Gasteiger partial charge in [-0.1, -0.05) is 6.92 Å². The smallest absolute Gasteiger partial charge is 0.149 e. The van der Waals surface area contributed by atoms with Crippen molar-refractivity contribution in [3.05, 3.63) is 11.6 Å². The van der Waals surface area contributed by atoms with Crippen molar-refractivity contribution >= 4 is 0 Å². The predicted molar refractivity (Wildman–Crippen MR) is 65.5 cm³/mol. The van der Waals surface area contributed by atoms with Crippen LogP contribution in [0.2, 0.25) is 0 Å². The number of methoxy groups -OCH3 is 1. The summed E-state index contributed by atoms with van der Waals surface area (Å²) in [7, 11) is 1.71. The number of nitrogens with two attached hydrogens (primary N) is 1. The molecule has 1 aliphatic rings. The lowest BCUT2D eigenvalue weighted by Gasteiger charge is -2.21. The Morgan fingerprint density at radius 2 is 2.35 bits per heavy atom. The van der Waals surface area contributed by atoms with E-state index in [-0.39, 0.29) is 6.04 Å². The van der Waals surface area contributed by atoms with E-state index < -0.39 is 0 Å². The fourth-order valence-electron chi connectivity index (χ4n) is 2.36. The van der Waals surface area contributed by atoms with Gasteiger partial charge in [-0.3, -0.25) is 0 Å². The van der Waals surface area contributed by atoms with Gasteiger partial charge in [-0.25, -0.2) is 0 Å². The van der Waals surface area contributed by atoms with Gasteiger partial charge in [0.25, 0.3) is 0 Å². The molecule has 1 aromatic heterocycles. The largest absolute Gasteiger partial charge is 0.385 e. The van der Waals surface area contributed by atoms with Crippen molar-refractivity contribution < 1.29 is 4.74 Å². The second kappa shape index (κ2) is 5.60. The molecule has 0 saturated heterocycles. The number of aromatic nitrogens is 3. The average molecular weight is 238 g/mol. The lowest BCUT2D eigenvalue weighted by atomic mass is 10.00. The van der Waals surface area contributed by atoms with Crippen LogP contribution in [0.3, 0.4) is 0 Å². The van der Waals surface area contributed by atoms with E-state index in [0.29, 0.717) is 5.92 Å². The molecule has 2 atom stereocenters. The molecule has 1 aliphatic heterocycles. The molecule has 2 unspecified atom stereocenters. The van der Waals surface area contributed by atoms with Crippen LogP contribution in [0.5, 0.6) is 0 Å². The van der Waals surface area contributed by atoms with Gasteiger partial charge in [0, 0.05) is 26.7 Å². The Morgan fingerprint density at radius 1 is 1.53 bits per heavy atom. The Kier molecular flexibility index (Phi) is 4.12. The van der Waals surface area contributed by atoms with Crippen molar-refractivity contribution in [3.63, 3.8) is 0 Å². The molecule has 0 aromatic carbocycles. The highest BCUT2D eigenvalue weighted by Crippen LogP contribution is 2.23. The molecule has 0 spiro atoms. The lowest BCUT2D eigenvalue weighted by Crippen LogP contribution is -2.23. The van der Waals surface area contributed by atoms with Crippen molar-refractivity contribution in [2.45, 2.75) is 45.2 Å². The van der Waals surface area contributed by atoms with Crippen LogP contribution in [-0.4, -0.2) is 28.5 Å². The first-order chi connectivity index (χ1) is 8.22. The van der Waals surface area contributed by atoms with Crippen LogP contribution in [0.4, 0.5) is 0 Å². The summed E-state index contributed by atoms with van der Waals surface area (Å²) in [5, 5.41) is 8.52. The van der Waals surface area contributed by atoms with Crippen LogP contribution >= 0.6 is 0 Å². The molecule has 2 heterocycles. The van der Waals surface area contributed by atoms with Gasteiger partial charge >= 0.3 is 0 Å². The highest BCUT2D eigenvalue weighted by Gasteiger charge is 2.22. The maximum absolute atomic E-state index is 6.16. The van der Waals surface area contributed by atoms with Crippen molar-refractivity contribution in [3.8, 4) is 0 Å². The van der Waals surface area contributed by atoms with Crippen LogP contribution in [0.1, 0.15) is 43.9 Å². The number of ether oxygens (including phenoxy) is 1. The molecule has 2 rings (SSSR count). The summed E-state index contributed by atoms with van der Waals surface area (Å²) in [5.41, 5.74) is 6.16. The topological polar surface area (TPSA) is 66.0 Å². The minimum atomic E-state index is -0.0141. The van der Waals surface area contributed by atoms with Crippen LogP contribution in [-0.2, 0) is 17.7 Å². The maximum Gasteiger partial charge on any atom is 0.149 e. The highest BCUT2D eigenvalue weighted by atomic mass is 16.5. The summed E-state index contributed by atoms with van der Waals surface area (Å²) in [6, 6.07) is -0.0141. The second-order valence-electron chi connectivity index (χ2n) is 4.97. The third-order valence-electron chi connectivity index (χ3n) is 3.43. The Bertz CT molecular complexity index is 363. The highest BCUT2D eigenvalue weighted by molar-refractivity contribution is 5.03. The van der Waals surface area contributed by atoms with Gasteiger partial charge in [0.1, 0.15) is 11.6 Å². The molecule has 2 N–H and O–H groups in total. The fourth-order valence-corrected chi connectivity index (χ4v) is 2.36. The predicted octanol–water partition coefficient (Wildman–Crippen LogP) is 1.29. The van der Waals surface area contributed by atoms with Crippen LogP contribution in [0.25, 0.3) is 0 Å². The first kappa shape index (κ1) is 12.5. The molecule has 1 aromatic rings. The van der Waals surface area contributed by atoms with E-state index in [2.05, 4.69) is 21.7 Å². The van der Waals surface area contributed by atoms with Crippen LogP contribution < -0.4 is 5.73 Å². The lowest BCUT2D eigenvalue weighted by molar-refractivity contribution is 0.190. The molecule has 5 heteroatoms. The molecule has 17 heavy (non-hydrogen) atoms. The molecular weight excluding hydrogens is 216 g/mol. The van der Waals surface area contributed by atoms with E-state index >= 15 is 0 Å². The van der Waals surface area contributed by atoms with Crippen molar-refractivity contribution in [2.24, 2.45) is 11.7 Å². The summed E-state index contributed by atoms with van der Waals surface area (Å²) in [4.78, 5) is 0. The summed E-state index contributed by atoms with van der Waals surface area (Å²) >= 11 is 0. The molecule has 0 fully saturated rings. The molecule has 0 amide bonds. The normalized spacial score (nSPS) is 21.2. The molecule has 0 bridgehead atoms. The van der Waals surface area contributed by atoms with E-state index in [9.17, 15) is 0 Å². The zero-order valence-corrected chi connectivity index (χ0v) is 10.7. The van der Waals surface area contributed by atoms with E-state index in [1.54, 1.807) is 7.11 Å². The van der Waals surface area contributed by atoms with Gasteiger partial charge in [-0.15, -0.1) is 10.2 Å². The Hall–Kier alpha value is -0.940. The molecular formula is C12H22N4O. The first-order valence-corrected chi connectivity index (χ1v) is 6.39. The number of nitrogens with zero attached hydrogens (tertiary/aromatic N) is 3. The molecule has 0 radical (unpaired) electrons. The quantitative estimate of drug-likeness (QED) is 0.785. The van der Waals surface area contributed by atoms with E-state index in [4.69, 9.17) is 10.5 Å². The van der Waals surface area contributed by atoms with Gasteiger partial charge in [0.05, 0.1) is 6.04 Å². The monoisotopic (exact) mass is 238 g/mol. The molecule has 0 saturated carbocycles. The summed E-state index contributed by atoms with van der Waals surface area (Å²) in [5.74, 6) is 2.76. The zero-order chi connectivity index (χ0) is 12.3. The van der Waals surface area contributed by atoms with Crippen LogP contribution in [0.15, 0.2) is 0 Å². The standard InChI is InChI=1S/C12H22N4O/c1-9-5-6-16-11(8-9)14-15-12(16)10(13)4-3-7-17-2/h9-10H,3-8,13H2,1-2H3. The summed E-state index contributed by atoms with van der Waals surface area (Å²) in [6.07, 6.45) is 4.10. The fraction of sp³-hybridized carbons (Fsp3) is 0.833. The third kappa shape index (κ3) is 2.84. The Morgan fingerprint density at radius 3 is 3.12 bits per heavy atom. The van der Waals surface area contributed by atoms with E-state index in [0.717, 1.165) is 44.1 Å². The SMILES string of the molecule is COCCCC(N)c1nnc2n1CCC(C)C2. The summed E-state index contributed by atoms with van der Waals surface area (Å²) < 4.78 is 7.24. The van der Waals surface area contributed by atoms with Crippen molar-refractivity contribution in [1.82, 2.24) is 14.8 Å². The van der Waals surface area contributed by atoms with Gasteiger partial charge in [-0.05, 0) is 25.2 Å². The van der Waals surface area contributed by atoms with Gasteiger partial charge in [0.2, 0.25) is 0 Å². The van der Waals surface area contributed by atoms with E-state index in [1.807, 2.05) is 0 Å². The minimum absolute atomic E-state index is 0.0141. The molecule has 96 valence electrons. The van der Waals surface area contributed by atoms with Crippen molar-refractivity contribution in [1.29, 1.82) is 0 Å². The average Bonchev–Trinajstić information content (AvgIpc) is 2.72. The van der Waals surface area contributed by atoms with Gasteiger partial charge in [0.15, 0.2) is 0 Å². The number of rotatable bonds is 5. The Balaban J connectivity index is 2.01. The maximum atomic E-state index is 6.16. The summed E-state index contributed by atoms with van der Waals surface area (Å²) in [6.45, 7) is 4.03. The third-order valence-corrected chi connectivity index (χ3v) is 3.43. The Labute approximate surface area is 102 Å². The number of hydrogen-bond donors (Lipinski definition) is 1. The zero-order valence-electron chi connectivity index (χ0n) is 10.7. The van der Waals surface area contributed by atoms with Crippen LogP contribution in [0, 0.1) is 5.92 Å². The minimum Gasteiger partial charge on any atom is -0.385 e. The number of hydrogen-bond acceptors (Lipinski definition) is 4. The molecule has 0 aliphatic carbocycles. The van der Waals surface area contributed by atoms with E-state index in [1.165, 1.54) is 6.42 Å². The van der Waals surface area contributed by atoms with Crippen molar-refractivity contribution in [2.75, 3.05) is 13.7 Å². The van der Waals surface area contributed by atoms with Gasteiger partial charge in [-0.2, -0.15) is 0 Å². The van der Waals surface area contributed by atoms with Gasteiger partial charge < -0.3 is 15.0 Å². The molecule has 5 nitrogen and oxygen atoms in total.